The molecule has 1 fully saturated rings. The van der Waals surface area contributed by atoms with Gasteiger partial charge >= 0.3 is 0 Å². The van der Waals surface area contributed by atoms with Crippen LogP contribution in [-0.4, -0.2) is 7.11 Å². The van der Waals surface area contributed by atoms with Gasteiger partial charge in [-0.3, -0.25) is 0 Å². The second kappa shape index (κ2) is 5.57. The summed E-state index contributed by atoms with van der Waals surface area (Å²) < 4.78 is 5.14. The summed E-state index contributed by atoms with van der Waals surface area (Å²) in [5.74, 6) is 0.144. The molecule has 1 saturated carbocycles. The number of benzene rings is 2. The number of rotatable bonds is 3. The molecule has 3 rings (SSSR count). The molecule has 1 aliphatic carbocycles. The predicted molar refractivity (Wildman–Crippen MR) is 88.1 cm³/mol. The quantitative estimate of drug-likeness (QED) is 0.851. The van der Waals surface area contributed by atoms with Crippen LogP contribution in [0.4, 0.5) is 0 Å². The Morgan fingerprint density at radius 3 is 1.96 bits per heavy atom. The van der Waals surface area contributed by atoms with E-state index in [2.05, 4.69) is 18.2 Å². The normalized spacial score (nSPS) is 23.4. The highest BCUT2D eigenvalue weighted by Crippen LogP contribution is 2.74. The summed E-state index contributed by atoms with van der Waals surface area (Å²) in [6.45, 7) is 0. The Morgan fingerprint density at radius 1 is 0.917 bits per heavy atom. The smallest absolute Gasteiger partial charge is 0.175 e. The summed E-state index contributed by atoms with van der Waals surface area (Å²) in [6.07, 6.45) is 0. The van der Waals surface area contributed by atoms with Crippen molar-refractivity contribution in [1.29, 1.82) is 15.8 Å². The van der Waals surface area contributed by atoms with E-state index < -0.39 is 16.7 Å². The average Bonchev–Trinajstić information content (AvgIpc) is 3.26. The largest absolute Gasteiger partial charge is 0.497 e. The van der Waals surface area contributed by atoms with Crippen molar-refractivity contribution in [2.75, 3.05) is 7.11 Å². The number of hydrogen-bond donors (Lipinski definition) is 0. The molecule has 0 amide bonds. The van der Waals surface area contributed by atoms with Crippen molar-refractivity contribution < 1.29 is 4.74 Å². The van der Waals surface area contributed by atoms with Crippen LogP contribution in [0.3, 0.4) is 0 Å². The van der Waals surface area contributed by atoms with Crippen LogP contribution < -0.4 is 4.74 Å². The molecule has 1 aliphatic rings. The van der Waals surface area contributed by atoms with Crippen LogP contribution in [-0.2, 0) is 5.41 Å². The Balaban J connectivity index is 2.17. The van der Waals surface area contributed by atoms with Gasteiger partial charge in [-0.1, -0.05) is 35.9 Å². The summed E-state index contributed by atoms with van der Waals surface area (Å²) in [7, 11) is 1.56. The fraction of sp³-hybridized carbons (Fsp3) is 0.211. The van der Waals surface area contributed by atoms with Crippen LogP contribution in [0, 0.1) is 39.4 Å². The van der Waals surface area contributed by atoms with Gasteiger partial charge in [-0.2, -0.15) is 15.8 Å². The topological polar surface area (TPSA) is 80.6 Å². The van der Waals surface area contributed by atoms with Gasteiger partial charge in [-0.15, -0.1) is 0 Å². The van der Waals surface area contributed by atoms with Gasteiger partial charge in [0.1, 0.15) is 11.2 Å². The fourth-order valence-corrected chi connectivity index (χ4v) is 3.55. The fourth-order valence-electron chi connectivity index (χ4n) is 3.43. The summed E-state index contributed by atoms with van der Waals surface area (Å²) in [5, 5.41) is 29.8. The van der Waals surface area contributed by atoms with Crippen LogP contribution in [0.15, 0.2) is 48.5 Å². The van der Waals surface area contributed by atoms with Crippen molar-refractivity contribution in [1.82, 2.24) is 0 Å². The van der Waals surface area contributed by atoms with Gasteiger partial charge in [-0.05, 0) is 35.4 Å². The van der Waals surface area contributed by atoms with E-state index in [1.165, 1.54) is 0 Å². The van der Waals surface area contributed by atoms with Gasteiger partial charge in [0, 0.05) is 10.9 Å². The SMILES string of the molecule is COc1ccc([C@H]2C(C#N)(C#N)[C@]2(C#N)c2ccc(Cl)cc2)cc1. The minimum Gasteiger partial charge on any atom is -0.497 e. The molecule has 0 bridgehead atoms. The molecule has 0 aliphatic heterocycles. The van der Waals surface area contributed by atoms with Gasteiger partial charge in [-0.25, -0.2) is 0 Å². The molecule has 0 heterocycles. The first-order chi connectivity index (χ1) is 11.6. The van der Waals surface area contributed by atoms with E-state index in [1.807, 2.05) is 0 Å². The second-order valence-electron chi connectivity index (χ2n) is 5.66. The van der Waals surface area contributed by atoms with Gasteiger partial charge in [0.2, 0.25) is 0 Å². The Labute approximate surface area is 145 Å². The van der Waals surface area contributed by atoms with E-state index in [-0.39, 0.29) is 0 Å². The van der Waals surface area contributed by atoms with E-state index in [0.717, 1.165) is 5.56 Å². The number of halogens is 1. The van der Waals surface area contributed by atoms with Crippen molar-refractivity contribution in [3.8, 4) is 24.0 Å². The molecule has 0 N–H and O–H groups in total. The summed E-state index contributed by atoms with van der Waals surface area (Å²) in [5.41, 5.74) is -1.26. The summed E-state index contributed by atoms with van der Waals surface area (Å²) in [6, 6.07) is 20.3. The van der Waals surface area contributed by atoms with Crippen molar-refractivity contribution >= 4 is 11.6 Å². The summed E-state index contributed by atoms with van der Waals surface area (Å²) in [4.78, 5) is 0. The monoisotopic (exact) mass is 333 g/mol. The van der Waals surface area contributed by atoms with Crippen LogP contribution in [0.5, 0.6) is 5.75 Å². The van der Waals surface area contributed by atoms with E-state index in [1.54, 1.807) is 55.6 Å². The molecular formula is C19H12ClN3O. The number of hydrogen-bond acceptors (Lipinski definition) is 4. The molecule has 0 radical (unpaired) electrons. The first kappa shape index (κ1) is 15.9. The number of ether oxygens (including phenoxy) is 1. The van der Waals surface area contributed by atoms with E-state index >= 15 is 0 Å². The van der Waals surface area contributed by atoms with Crippen molar-refractivity contribution in [3.63, 3.8) is 0 Å². The maximum absolute atomic E-state index is 9.90. The van der Waals surface area contributed by atoms with Crippen molar-refractivity contribution in [3.05, 3.63) is 64.7 Å². The first-order valence-corrected chi connectivity index (χ1v) is 7.61. The van der Waals surface area contributed by atoms with Gasteiger partial charge in [0.05, 0.1) is 25.3 Å². The lowest BCUT2D eigenvalue weighted by molar-refractivity contribution is 0.414. The zero-order chi connectivity index (χ0) is 17.4. The number of nitrogens with zero attached hydrogens (tertiary/aromatic N) is 3. The standard InChI is InChI=1S/C19H12ClN3O/c1-24-16-8-2-13(3-9-16)17-18(10-21,11-22)19(17,12-23)14-4-6-15(20)7-5-14/h2-9,17H,1H3/t17-,19+/m0/s1. The minimum atomic E-state index is -1.43. The lowest BCUT2D eigenvalue weighted by Crippen LogP contribution is -2.14. The van der Waals surface area contributed by atoms with Gasteiger partial charge in [0.15, 0.2) is 5.41 Å². The molecular weight excluding hydrogens is 322 g/mol. The third-order valence-electron chi connectivity index (χ3n) is 4.68. The highest BCUT2D eigenvalue weighted by molar-refractivity contribution is 6.30. The van der Waals surface area contributed by atoms with Gasteiger partial charge < -0.3 is 4.74 Å². The Morgan fingerprint density at radius 2 is 1.50 bits per heavy atom. The molecule has 0 saturated heterocycles. The lowest BCUT2D eigenvalue weighted by atomic mass is 9.88. The zero-order valence-electron chi connectivity index (χ0n) is 12.8. The molecule has 24 heavy (non-hydrogen) atoms. The van der Waals surface area contributed by atoms with Crippen molar-refractivity contribution in [2.45, 2.75) is 11.3 Å². The van der Waals surface area contributed by atoms with Crippen LogP contribution in [0.2, 0.25) is 5.02 Å². The van der Waals surface area contributed by atoms with Crippen LogP contribution >= 0.6 is 11.6 Å². The van der Waals surface area contributed by atoms with Gasteiger partial charge in [0.25, 0.3) is 0 Å². The molecule has 2 aromatic carbocycles. The molecule has 0 aromatic heterocycles. The minimum absolute atomic E-state index is 0.530. The van der Waals surface area contributed by atoms with E-state index in [9.17, 15) is 15.8 Å². The second-order valence-corrected chi connectivity index (χ2v) is 6.10. The molecule has 2 atom stereocenters. The third kappa shape index (κ3) is 1.89. The number of methoxy groups -OCH3 is 1. The predicted octanol–water partition coefficient (Wildman–Crippen LogP) is 3.94. The maximum Gasteiger partial charge on any atom is 0.175 e. The Hall–Kier alpha value is -3.00. The maximum atomic E-state index is 9.90. The van der Waals surface area contributed by atoms with Crippen LogP contribution in [0.1, 0.15) is 17.0 Å². The number of nitriles is 3. The Kier molecular flexibility index (Phi) is 3.69. The third-order valence-corrected chi connectivity index (χ3v) is 4.93. The zero-order valence-corrected chi connectivity index (χ0v) is 13.6. The van der Waals surface area contributed by atoms with Crippen LogP contribution in [0.25, 0.3) is 0 Å². The highest BCUT2D eigenvalue weighted by atomic mass is 35.5. The highest BCUT2D eigenvalue weighted by Gasteiger charge is 2.81. The van der Waals surface area contributed by atoms with E-state index in [0.29, 0.717) is 16.3 Å². The molecule has 0 spiro atoms. The molecule has 116 valence electrons. The molecule has 4 nitrogen and oxygen atoms in total. The Bertz CT molecular complexity index is 886. The molecule has 0 unspecified atom stereocenters. The first-order valence-electron chi connectivity index (χ1n) is 7.23. The summed E-state index contributed by atoms with van der Waals surface area (Å²) >= 11 is 5.92. The average molecular weight is 334 g/mol. The van der Waals surface area contributed by atoms with E-state index in [4.69, 9.17) is 16.3 Å². The van der Waals surface area contributed by atoms with Crippen molar-refractivity contribution in [2.24, 2.45) is 5.41 Å². The lowest BCUT2D eigenvalue weighted by Gasteiger charge is -2.10. The molecule has 2 aromatic rings. The molecule has 5 heteroatoms.